The Bertz CT molecular complexity index is 3230. The first-order valence-corrected chi connectivity index (χ1v) is 26.5. The Kier molecular flexibility index (Phi) is 13.4. The van der Waals surface area contributed by atoms with Crippen molar-refractivity contribution >= 4 is 72.8 Å². The van der Waals surface area contributed by atoms with Crippen molar-refractivity contribution in [1.82, 2.24) is 30.0 Å². The second kappa shape index (κ2) is 20.4. The summed E-state index contributed by atoms with van der Waals surface area (Å²) in [6, 6.07) is 29.5. The standard InChI is InChI=1S/C57H61N9O6S/c1-34(32-64-26-28-65(29-27-64)47-12-7-10-43-51(62-63(3)53(43)47)44-21-23-50(67)60-55(44)69)30-36-14-16-38(17-15-36)72-39-18-19-40(35(2)31-39)41-20-22-49(59-52(41)56(70)71)66-25-24-37-8-6-9-42(45(37)33-66)54(68)61-57-58-46-11-4-5-13-48(46)73-57/h4-13,18-20,22,31,34,36,38,44H,14-17,21,23-30,32-33H2,1-3H3,(H,70,71)(H,58,61,68)(H,60,67,69). The molecule has 4 aliphatic rings. The fourth-order valence-corrected chi connectivity index (χ4v) is 12.7. The Balaban J connectivity index is 0.665. The molecule has 0 spiro atoms. The molecule has 3 fully saturated rings. The minimum Gasteiger partial charge on any atom is -0.490 e. The molecule has 6 heterocycles. The van der Waals surface area contributed by atoms with Gasteiger partial charge in [0.1, 0.15) is 11.6 Å². The molecule has 3 aromatic heterocycles. The van der Waals surface area contributed by atoms with Gasteiger partial charge in [-0.2, -0.15) is 5.10 Å². The summed E-state index contributed by atoms with van der Waals surface area (Å²) in [5.41, 5.74) is 8.57. The van der Waals surface area contributed by atoms with Gasteiger partial charge in [0.25, 0.3) is 5.91 Å². The normalized spacial score (nSPS) is 20.0. The number of thiazole rings is 1. The van der Waals surface area contributed by atoms with Crippen LogP contribution in [-0.4, -0.2) is 98.8 Å². The highest BCUT2D eigenvalue weighted by Gasteiger charge is 2.33. The van der Waals surface area contributed by atoms with E-state index in [2.05, 4.69) is 44.5 Å². The van der Waals surface area contributed by atoms with Gasteiger partial charge in [-0.1, -0.05) is 60.7 Å². The summed E-state index contributed by atoms with van der Waals surface area (Å²) in [5.74, 6) is 0.375. The second-order valence-corrected chi connectivity index (χ2v) is 21.5. The van der Waals surface area contributed by atoms with E-state index in [0.29, 0.717) is 66.3 Å². The lowest BCUT2D eigenvalue weighted by atomic mass is 9.82. The number of aryl methyl sites for hydroxylation is 2. The van der Waals surface area contributed by atoms with Crippen LogP contribution in [0.15, 0.2) is 91.0 Å². The number of imide groups is 1. The number of para-hydroxylation sites is 2. The van der Waals surface area contributed by atoms with Crippen LogP contribution in [0.25, 0.3) is 32.2 Å². The summed E-state index contributed by atoms with van der Waals surface area (Å²) in [7, 11) is 1.94. The predicted molar refractivity (Wildman–Crippen MR) is 285 cm³/mol. The number of piperazine rings is 1. The molecular weight excluding hydrogens is 939 g/mol. The van der Waals surface area contributed by atoms with Crippen molar-refractivity contribution in [2.75, 3.05) is 54.4 Å². The Morgan fingerprint density at radius 3 is 2.44 bits per heavy atom. The van der Waals surface area contributed by atoms with Gasteiger partial charge in [-0.25, -0.2) is 14.8 Å². The minimum atomic E-state index is -1.10. The van der Waals surface area contributed by atoms with Crippen LogP contribution in [0.2, 0.25) is 0 Å². The first-order valence-electron chi connectivity index (χ1n) is 25.7. The zero-order chi connectivity index (χ0) is 50.3. The smallest absolute Gasteiger partial charge is 0.355 e. The molecule has 0 radical (unpaired) electrons. The number of carboxylic acids is 1. The fraction of sp³-hybridized carbons (Fsp3) is 0.386. The van der Waals surface area contributed by atoms with E-state index in [1.807, 2.05) is 102 Å². The number of nitrogens with zero attached hydrogens (tertiary/aromatic N) is 7. The third-order valence-electron chi connectivity index (χ3n) is 15.5. The number of carbonyl (C=O) groups is 4. The number of carbonyl (C=O) groups excluding carboxylic acids is 3. The van der Waals surface area contributed by atoms with Crippen molar-refractivity contribution in [3.8, 4) is 16.9 Å². The van der Waals surface area contributed by atoms with Gasteiger partial charge >= 0.3 is 5.97 Å². The van der Waals surface area contributed by atoms with Gasteiger partial charge in [0.05, 0.1) is 39.1 Å². The van der Waals surface area contributed by atoms with Crippen molar-refractivity contribution in [2.45, 2.75) is 83.8 Å². The Hall–Kier alpha value is -7.17. The predicted octanol–water partition coefficient (Wildman–Crippen LogP) is 9.37. The summed E-state index contributed by atoms with van der Waals surface area (Å²) >= 11 is 1.44. The summed E-state index contributed by atoms with van der Waals surface area (Å²) in [6.07, 6.45) is 7.12. The minimum absolute atomic E-state index is 0.0150. The highest BCUT2D eigenvalue weighted by atomic mass is 32.1. The molecule has 1 aliphatic carbocycles. The number of rotatable bonds is 13. The van der Waals surface area contributed by atoms with E-state index in [0.717, 1.165) is 119 Å². The van der Waals surface area contributed by atoms with Crippen LogP contribution < -0.4 is 25.2 Å². The fourth-order valence-electron chi connectivity index (χ4n) is 11.8. The molecule has 73 heavy (non-hydrogen) atoms. The zero-order valence-corrected chi connectivity index (χ0v) is 42.4. The van der Waals surface area contributed by atoms with Gasteiger partial charge in [0.15, 0.2) is 10.8 Å². The van der Waals surface area contributed by atoms with Crippen molar-refractivity contribution in [3.63, 3.8) is 0 Å². The number of nitrogens with one attached hydrogen (secondary N) is 2. The monoisotopic (exact) mass is 999 g/mol. The molecule has 1 saturated carbocycles. The number of aromatic carboxylic acids is 1. The lowest BCUT2D eigenvalue weighted by Crippen LogP contribution is -2.47. The van der Waals surface area contributed by atoms with Gasteiger partial charge in [0, 0.05) is 75.8 Å². The maximum Gasteiger partial charge on any atom is 0.355 e. The van der Waals surface area contributed by atoms with E-state index in [1.165, 1.54) is 17.8 Å². The highest BCUT2D eigenvalue weighted by Crippen LogP contribution is 2.38. The van der Waals surface area contributed by atoms with Crippen LogP contribution >= 0.6 is 11.3 Å². The number of hydrogen-bond acceptors (Lipinski definition) is 12. The molecule has 2 unspecified atom stereocenters. The average molecular weight is 1000 g/mol. The highest BCUT2D eigenvalue weighted by molar-refractivity contribution is 7.22. The summed E-state index contributed by atoms with van der Waals surface area (Å²) in [4.78, 5) is 67.4. The molecule has 3 amide bonds. The van der Waals surface area contributed by atoms with Crippen LogP contribution in [0.5, 0.6) is 5.75 Å². The lowest BCUT2D eigenvalue weighted by Gasteiger charge is -2.38. The molecule has 7 aromatic rings. The maximum absolute atomic E-state index is 13.6. The number of piperidine rings is 1. The molecule has 11 rings (SSSR count). The largest absolute Gasteiger partial charge is 0.490 e. The molecule has 16 heteroatoms. The molecule has 15 nitrogen and oxygen atoms in total. The number of anilines is 3. The number of carboxylic acid groups (broad SMARTS) is 1. The number of fused-ring (bicyclic) bond motifs is 3. The van der Waals surface area contributed by atoms with E-state index in [1.54, 1.807) is 0 Å². The molecule has 2 saturated heterocycles. The second-order valence-electron chi connectivity index (χ2n) is 20.5. The van der Waals surface area contributed by atoms with Gasteiger partial charge in [0.2, 0.25) is 11.8 Å². The summed E-state index contributed by atoms with van der Waals surface area (Å²) < 4.78 is 9.48. The number of amides is 3. The molecule has 0 bridgehead atoms. The van der Waals surface area contributed by atoms with E-state index >= 15 is 0 Å². The van der Waals surface area contributed by atoms with Crippen molar-refractivity contribution < 1.29 is 29.0 Å². The van der Waals surface area contributed by atoms with Crippen molar-refractivity contribution in [2.24, 2.45) is 18.9 Å². The van der Waals surface area contributed by atoms with E-state index in [4.69, 9.17) is 14.8 Å². The lowest BCUT2D eigenvalue weighted by molar-refractivity contribution is -0.134. The third-order valence-corrected chi connectivity index (χ3v) is 16.4. The van der Waals surface area contributed by atoms with Gasteiger partial charge in [-0.3, -0.25) is 34.6 Å². The Morgan fingerprint density at radius 1 is 0.863 bits per heavy atom. The van der Waals surface area contributed by atoms with Crippen LogP contribution in [-0.2, 0) is 29.6 Å². The quantitative estimate of drug-likeness (QED) is 0.0936. The first-order chi connectivity index (χ1) is 35.4. The number of benzene rings is 4. The molecule has 3 N–H and O–H groups in total. The van der Waals surface area contributed by atoms with Crippen LogP contribution in [0.3, 0.4) is 0 Å². The molecule has 4 aromatic carbocycles. The Labute approximate surface area is 428 Å². The number of aromatic nitrogens is 4. The van der Waals surface area contributed by atoms with Crippen LogP contribution in [0.4, 0.5) is 16.6 Å². The average Bonchev–Trinajstić information content (AvgIpc) is 3.96. The van der Waals surface area contributed by atoms with Crippen molar-refractivity contribution in [1.29, 1.82) is 0 Å². The third kappa shape index (κ3) is 10.0. The SMILES string of the molecule is Cc1cc(OC2CCC(CC(C)CN3CCN(c4cccc5c(C6CCC(=O)NC6=O)nn(C)c45)CC3)CC2)ccc1-c1ccc(N2CCc3cccc(C(=O)Nc4nc5ccccc5s4)c3C2)nc1C(=O)O. The summed E-state index contributed by atoms with van der Waals surface area (Å²) in [5, 5.41) is 22.3. The van der Waals surface area contributed by atoms with Gasteiger partial charge < -0.3 is 19.6 Å². The zero-order valence-electron chi connectivity index (χ0n) is 41.6. The van der Waals surface area contributed by atoms with Gasteiger partial charge in [-0.15, -0.1) is 0 Å². The number of pyridine rings is 1. The maximum atomic E-state index is 13.6. The Morgan fingerprint density at radius 2 is 1.66 bits per heavy atom. The topological polar surface area (TPSA) is 175 Å². The van der Waals surface area contributed by atoms with Crippen molar-refractivity contribution in [3.05, 3.63) is 125 Å². The molecule has 376 valence electrons. The van der Waals surface area contributed by atoms with Crippen LogP contribution in [0, 0.1) is 18.8 Å². The molecule has 2 atom stereocenters. The van der Waals surface area contributed by atoms with Gasteiger partial charge in [-0.05, 0) is 134 Å². The van der Waals surface area contributed by atoms with Crippen LogP contribution in [0.1, 0.15) is 101 Å². The number of ether oxygens (including phenoxy) is 1. The van der Waals surface area contributed by atoms with E-state index < -0.39 is 11.9 Å². The number of hydrogen-bond donors (Lipinski definition) is 3. The first kappa shape index (κ1) is 48.1. The molecular formula is C57H61N9O6S. The van der Waals surface area contributed by atoms with E-state index in [9.17, 15) is 24.3 Å². The molecule has 3 aliphatic heterocycles. The summed E-state index contributed by atoms with van der Waals surface area (Å²) in [6.45, 7) is 10.3. The van der Waals surface area contributed by atoms with E-state index in [-0.39, 0.29) is 29.5 Å².